The Hall–Kier alpha value is -8.09. The van der Waals surface area contributed by atoms with Crippen LogP contribution in [0.25, 0.3) is 43.5 Å². The number of hydrogen-bond acceptors (Lipinski definition) is 12. The number of nitrogens with two attached hydrogens (primary N) is 1. The van der Waals surface area contributed by atoms with E-state index in [9.17, 15) is 14.4 Å². The van der Waals surface area contributed by atoms with Gasteiger partial charge in [-0.15, -0.1) is 22.7 Å². The maximum atomic E-state index is 13.1. The van der Waals surface area contributed by atoms with E-state index in [2.05, 4.69) is 64.5 Å². The molecule has 0 saturated carbocycles. The number of imidazole rings is 2. The minimum absolute atomic E-state index is 0.127. The van der Waals surface area contributed by atoms with Gasteiger partial charge in [-0.3, -0.25) is 38.0 Å². The SMILES string of the molecule is Nc1ccccc1-c1cn2c(CN3CCN(Cc4ccccc4)CC3=O)csc2n1.O=C(Nc1ccccc1-c1cn2c(CN3CCN(Cc4ccccc4)CC3=O)csc2n1)c1cnc2ccccc2n1. The number of hydrogen-bond donors (Lipinski definition) is 2. The van der Waals surface area contributed by atoms with Gasteiger partial charge in [-0.25, -0.2) is 15.0 Å². The zero-order chi connectivity index (χ0) is 49.0. The van der Waals surface area contributed by atoms with Crippen LogP contribution in [-0.2, 0) is 35.8 Å². The van der Waals surface area contributed by atoms with Crippen molar-refractivity contribution in [1.29, 1.82) is 0 Å². The highest BCUT2D eigenvalue weighted by Crippen LogP contribution is 2.31. The van der Waals surface area contributed by atoms with Gasteiger partial charge in [-0.2, -0.15) is 0 Å². The lowest BCUT2D eigenvalue weighted by Crippen LogP contribution is -2.49. The first kappa shape index (κ1) is 46.3. The van der Waals surface area contributed by atoms with E-state index in [4.69, 9.17) is 15.7 Å². The smallest absolute Gasteiger partial charge is 0.275 e. The van der Waals surface area contributed by atoms with Crippen molar-refractivity contribution in [2.24, 2.45) is 0 Å². The average molecular weight is 991 g/mol. The van der Waals surface area contributed by atoms with Gasteiger partial charge in [0.15, 0.2) is 9.92 Å². The summed E-state index contributed by atoms with van der Waals surface area (Å²) in [5, 5.41) is 7.13. The fraction of sp³-hybridized carbons (Fsp3) is 0.182. The molecule has 7 heterocycles. The van der Waals surface area contributed by atoms with Crippen LogP contribution in [0.4, 0.5) is 11.4 Å². The highest BCUT2D eigenvalue weighted by Gasteiger charge is 2.27. The molecule has 15 nitrogen and oxygen atoms in total. The Balaban J connectivity index is 0.000000165. The second-order valence-corrected chi connectivity index (χ2v) is 19.5. The van der Waals surface area contributed by atoms with Crippen molar-refractivity contribution in [3.63, 3.8) is 0 Å². The number of fused-ring (bicyclic) bond motifs is 3. The molecule has 72 heavy (non-hydrogen) atoms. The summed E-state index contributed by atoms with van der Waals surface area (Å²) in [5.41, 5.74) is 17.0. The van der Waals surface area contributed by atoms with Crippen LogP contribution < -0.4 is 11.1 Å². The van der Waals surface area contributed by atoms with E-state index < -0.39 is 0 Å². The van der Waals surface area contributed by atoms with Crippen molar-refractivity contribution in [3.8, 4) is 22.5 Å². The van der Waals surface area contributed by atoms with Gasteiger partial charge in [0.05, 0.1) is 71.9 Å². The largest absolute Gasteiger partial charge is 0.398 e. The van der Waals surface area contributed by atoms with Crippen LogP contribution in [0.1, 0.15) is 33.0 Å². The van der Waals surface area contributed by atoms with Crippen molar-refractivity contribution in [3.05, 3.63) is 191 Å². The van der Waals surface area contributed by atoms with Gasteiger partial charge in [0.2, 0.25) is 11.8 Å². The predicted molar refractivity (Wildman–Crippen MR) is 283 cm³/mol. The van der Waals surface area contributed by atoms with Crippen molar-refractivity contribution < 1.29 is 14.4 Å². The quantitative estimate of drug-likeness (QED) is 0.113. The normalized spacial score (nSPS) is 14.6. The van der Waals surface area contributed by atoms with E-state index in [1.807, 2.05) is 136 Å². The van der Waals surface area contributed by atoms with Crippen LogP contribution in [0, 0.1) is 0 Å². The second kappa shape index (κ2) is 20.7. The van der Waals surface area contributed by atoms with Crippen molar-refractivity contribution in [2.75, 3.05) is 50.3 Å². The van der Waals surface area contributed by atoms with E-state index in [1.165, 1.54) is 28.7 Å². The number of nitrogen functional groups attached to an aromatic ring is 1. The lowest BCUT2D eigenvalue weighted by Gasteiger charge is -2.34. The number of aromatic nitrogens is 6. The molecule has 12 rings (SSSR count). The molecular weight excluding hydrogens is 941 g/mol. The lowest BCUT2D eigenvalue weighted by atomic mass is 10.1. The number of piperazine rings is 2. The van der Waals surface area contributed by atoms with Crippen molar-refractivity contribution >= 4 is 72.7 Å². The average Bonchev–Trinajstić information content (AvgIpc) is 4.20. The lowest BCUT2D eigenvalue weighted by molar-refractivity contribution is -0.137. The molecular formula is C55H50N12O3S2. The molecule has 0 atom stereocenters. The van der Waals surface area contributed by atoms with Crippen LogP contribution in [0.5, 0.6) is 0 Å². The molecule has 5 aromatic heterocycles. The predicted octanol–water partition coefficient (Wildman–Crippen LogP) is 8.59. The van der Waals surface area contributed by atoms with Crippen LogP contribution >= 0.6 is 22.7 Å². The fourth-order valence-electron chi connectivity index (χ4n) is 9.14. The molecule has 2 saturated heterocycles. The molecule has 2 aliphatic rings. The number of amides is 3. The van der Waals surface area contributed by atoms with Crippen LogP contribution in [0.2, 0.25) is 0 Å². The second-order valence-electron chi connectivity index (χ2n) is 17.9. The summed E-state index contributed by atoms with van der Waals surface area (Å²) in [5.74, 6) is -0.0433. The summed E-state index contributed by atoms with van der Waals surface area (Å²) in [4.78, 5) is 67.3. The molecule has 0 radical (unpaired) electrons. The maximum absolute atomic E-state index is 13.1. The van der Waals surface area contributed by atoms with Gasteiger partial charge in [-0.05, 0) is 35.4 Å². The molecule has 2 aliphatic heterocycles. The van der Waals surface area contributed by atoms with Crippen LogP contribution in [0.3, 0.4) is 0 Å². The van der Waals surface area contributed by atoms with Crippen LogP contribution in [0.15, 0.2) is 163 Å². The van der Waals surface area contributed by atoms with Gasteiger partial charge in [-0.1, -0.05) is 109 Å². The number of rotatable bonds is 12. The minimum atomic E-state index is -0.340. The molecule has 0 bridgehead atoms. The molecule has 5 aromatic carbocycles. The molecule has 17 heteroatoms. The van der Waals surface area contributed by atoms with Crippen molar-refractivity contribution in [2.45, 2.75) is 26.2 Å². The van der Waals surface area contributed by atoms with Crippen LogP contribution in [-0.4, -0.2) is 105 Å². The standard InChI is InChI=1S/C32H27N7O2S.C23H23N5OS/c40-30-20-37(17-22-8-2-1-3-9-22)14-15-38(30)18-23-21-42-32-36-29(19-39(23)32)24-10-4-5-11-25(24)35-31(41)28-16-33-26-12-6-7-13-27(26)34-28;24-20-9-5-4-8-19(20)21-14-28-18(16-30-23(28)25-21)13-27-11-10-26(15-22(27)29)12-17-6-2-1-3-7-17/h1-13,16,19,21H,14-15,17-18,20H2,(H,35,41);1-9,14,16H,10-13,15,24H2. The molecule has 0 spiro atoms. The molecule has 10 aromatic rings. The third-order valence-electron chi connectivity index (χ3n) is 12.9. The Kier molecular flexibility index (Phi) is 13.3. The Morgan fingerprint density at radius 3 is 1.62 bits per heavy atom. The third kappa shape index (κ3) is 10.2. The Morgan fingerprint density at radius 1 is 0.556 bits per heavy atom. The van der Waals surface area contributed by atoms with E-state index >= 15 is 0 Å². The number of nitrogens with one attached hydrogen (secondary N) is 1. The zero-order valence-electron chi connectivity index (χ0n) is 39.3. The number of thiazole rings is 2. The topological polar surface area (TPSA) is 163 Å². The molecule has 3 N–H and O–H groups in total. The van der Waals surface area contributed by atoms with Crippen molar-refractivity contribution in [1.82, 2.24) is 48.3 Å². The minimum Gasteiger partial charge on any atom is -0.398 e. The van der Waals surface area contributed by atoms with Gasteiger partial charge < -0.3 is 20.9 Å². The highest BCUT2D eigenvalue weighted by molar-refractivity contribution is 7.15. The number of anilines is 2. The summed E-state index contributed by atoms with van der Waals surface area (Å²) >= 11 is 3.13. The third-order valence-corrected chi connectivity index (χ3v) is 14.7. The number of nitrogens with zero attached hydrogens (tertiary/aromatic N) is 10. The summed E-state index contributed by atoms with van der Waals surface area (Å²) in [6.07, 6.45) is 5.48. The van der Waals surface area contributed by atoms with E-state index in [1.54, 1.807) is 11.3 Å². The maximum Gasteiger partial charge on any atom is 0.275 e. The van der Waals surface area contributed by atoms with E-state index in [-0.39, 0.29) is 23.4 Å². The van der Waals surface area contributed by atoms with Gasteiger partial charge in [0.1, 0.15) is 5.69 Å². The number of benzene rings is 5. The summed E-state index contributed by atoms with van der Waals surface area (Å²) < 4.78 is 4.12. The van der Waals surface area contributed by atoms with E-state index in [0.29, 0.717) is 43.9 Å². The number of para-hydroxylation sites is 4. The summed E-state index contributed by atoms with van der Waals surface area (Å²) in [7, 11) is 0. The van der Waals surface area contributed by atoms with E-state index in [0.717, 1.165) is 87.8 Å². The first-order valence-electron chi connectivity index (χ1n) is 23.7. The molecule has 3 amide bonds. The zero-order valence-corrected chi connectivity index (χ0v) is 40.9. The first-order chi connectivity index (χ1) is 35.3. The van der Waals surface area contributed by atoms with Gasteiger partial charge >= 0.3 is 0 Å². The number of carbonyl (C=O) groups is 3. The number of carbonyl (C=O) groups excluding carboxylic acids is 3. The Labute approximate surface area is 423 Å². The Bertz CT molecular complexity index is 3550. The summed E-state index contributed by atoms with van der Waals surface area (Å²) in [6.45, 7) is 6.69. The fourth-order valence-corrected chi connectivity index (χ4v) is 10.9. The monoisotopic (exact) mass is 990 g/mol. The molecule has 0 unspecified atom stereocenters. The molecule has 0 aliphatic carbocycles. The van der Waals surface area contributed by atoms with Gasteiger partial charge in [0, 0.05) is 79.2 Å². The molecule has 2 fully saturated rings. The first-order valence-corrected chi connectivity index (χ1v) is 25.5. The van der Waals surface area contributed by atoms with Gasteiger partial charge in [0.25, 0.3) is 5.91 Å². The summed E-state index contributed by atoms with van der Waals surface area (Å²) in [6, 6.07) is 43.3. The molecule has 360 valence electrons. The Morgan fingerprint density at radius 2 is 1.06 bits per heavy atom. The highest BCUT2D eigenvalue weighted by atomic mass is 32.1.